The largest absolute Gasteiger partial charge is 0.0841 e. The molecule has 0 amide bonds. The Labute approximate surface area is 165 Å². The van der Waals surface area contributed by atoms with Crippen molar-refractivity contribution in [3.8, 4) is 0 Å². The van der Waals surface area contributed by atoms with Gasteiger partial charge in [-0.25, -0.2) is 0 Å². The van der Waals surface area contributed by atoms with Gasteiger partial charge in [0.2, 0.25) is 0 Å². The molecule has 0 aliphatic heterocycles. The highest BCUT2D eigenvalue weighted by Gasteiger charge is 2.16. The van der Waals surface area contributed by atoms with Gasteiger partial charge in [-0.3, -0.25) is 0 Å². The van der Waals surface area contributed by atoms with E-state index in [1.165, 1.54) is 51.4 Å². The van der Waals surface area contributed by atoms with Crippen molar-refractivity contribution in [3.63, 3.8) is 0 Å². The molecule has 0 spiro atoms. The van der Waals surface area contributed by atoms with Crippen LogP contribution in [0.5, 0.6) is 0 Å². The number of alkyl halides is 1. The minimum atomic E-state index is 0.145. The molecule has 0 radical (unpaired) electrons. The van der Waals surface area contributed by atoms with Crippen LogP contribution >= 0.6 is 50.7 Å². The number of hydrogen-bond donors (Lipinski definition) is 0. The first-order valence-electron chi connectivity index (χ1n) is 8.79. The van der Waals surface area contributed by atoms with Gasteiger partial charge in [-0.15, -0.1) is 0 Å². The third-order valence-corrected chi connectivity index (χ3v) is 5.99. The molecule has 0 bridgehead atoms. The molecule has 0 aliphatic rings. The van der Waals surface area contributed by atoms with E-state index in [9.17, 15) is 0 Å². The minimum Gasteiger partial charge on any atom is -0.0841 e. The molecular formula is C19H28BrCl3. The molecule has 23 heavy (non-hydrogen) atoms. The molecule has 0 aromatic heterocycles. The Bertz CT molecular complexity index is 472. The number of halogens is 4. The van der Waals surface area contributed by atoms with Crippen LogP contribution in [0.25, 0.3) is 0 Å². The molecule has 0 saturated carbocycles. The second-order valence-corrected chi connectivity index (χ2v) is 8.79. The van der Waals surface area contributed by atoms with Gasteiger partial charge in [0.1, 0.15) is 0 Å². The SMILES string of the molecule is CCCCCCCCCCCc1c(Cl)cc(C(C)Br)c(Cl)c1Cl. The van der Waals surface area contributed by atoms with E-state index in [0.717, 1.165) is 29.0 Å². The van der Waals surface area contributed by atoms with Crippen molar-refractivity contribution in [2.75, 3.05) is 0 Å². The quantitative estimate of drug-likeness (QED) is 0.182. The van der Waals surface area contributed by atoms with Crippen LogP contribution in [-0.2, 0) is 6.42 Å². The van der Waals surface area contributed by atoms with Crippen LogP contribution in [0.1, 0.15) is 87.6 Å². The molecule has 0 N–H and O–H groups in total. The van der Waals surface area contributed by atoms with E-state index in [0.29, 0.717) is 10.0 Å². The fourth-order valence-electron chi connectivity index (χ4n) is 2.78. The van der Waals surface area contributed by atoms with Gasteiger partial charge in [-0.1, -0.05) is 109 Å². The van der Waals surface area contributed by atoms with Crippen molar-refractivity contribution in [3.05, 3.63) is 32.3 Å². The summed E-state index contributed by atoms with van der Waals surface area (Å²) in [6.45, 7) is 4.28. The molecule has 1 atom stereocenters. The molecular weight excluding hydrogens is 414 g/mol. The van der Waals surface area contributed by atoms with Crippen LogP contribution in [0.3, 0.4) is 0 Å². The highest BCUT2D eigenvalue weighted by molar-refractivity contribution is 9.09. The zero-order valence-electron chi connectivity index (χ0n) is 14.2. The Balaban J connectivity index is 2.37. The summed E-state index contributed by atoms with van der Waals surface area (Å²) in [4.78, 5) is 0.145. The second kappa shape index (κ2) is 12.0. The maximum Gasteiger partial charge on any atom is 0.0642 e. The van der Waals surface area contributed by atoms with Crippen molar-refractivity contribution in [2.45, 2.75) is 82.9 Å². The van der Waals surface area contributed by atoms with Gasteiger partial charge >= 0.3 is 0 Å². The summed E-state index contributed by atoms with van der Waals surface area (Å²) in [7, 11) is 0. The summed E-state index contributed by atoms with van der Waals surface area (Å²) in [6.07, 6.45) is 12.7. The topological polar surface area (TPSA) is 0 Å². The fraction of sp³-hybridized carbons (Fsp3) is 0.684. The van der Waals surface area contributed by atoms with Crippen molar-refractivity contribution in [2.24, 2.45) is 0 Å². The summed E-state index contributed by atoms with van der Waals surface area (Å²) in [5.41, 5.74) is 1.95. The van der Waals surface area contributed by atoms with Gasteiger partial charge < -0.3 is 0 Å². The van der Waals surface area contributed by atoms with E-state index < -0.39 is 0 Å². The molecule has 132 valence electrons. The molecule has 0 saturated heterocycles. The zero-order valence-corrected chi connectivity index (χ0v) is 18.1. The molecule has 1 unspecified atom stereocenters. The Morgan fingerprint density at radius 3 is 1.91 bits per heavy atom. The lowest BCUT2D eigenvalue weighted by molar-refractivity contribution is 0.565. The maximum atomic E-state index is 6.42. The predicted octanol–water partition coefficient (Wildman–Crippen LogP) is 9.18. The Hall–Kier alpha value is 0.570. The van der Waals surface area contributed by atoms with Crippen LogP contribution in [0.4, 0.5) is 0 Å². The van der Waals surface area contributed by atoms with Crippen LogP contribution in [-0.4, -0.2) is 0 Å². The van der Waals surface area contributed by atoms with Crippen molar-refractivity contribution in [1.29, 1.82) is 0 Å². The van der Waals surface area contributed by atoms with Gasteiger partial charge in [-0.2, -0.15) is 0 Å². The monoisotopic (exact) mass is 440 g/mol. The summed E-state index contributed by atoms with van der Waals surface area (Å²) >= 11 is 22.7. The van der Waals surface area contributed by atoms with E-state index in [-0.39, 0.29) is 4.83 Å². The van der Waals surface area contributed by atoms with Gasteiger partial charge in [0, 0.05) is 9.85 Å². The Morgan fingerprint density at radius 2 is 1.39 bits per heavy atom. The summed E-state index contributed by atoms with van der Waals surface area (Å²) < 4.78 is 0. The average Bonchev–Trinajstić information content (AvgIpc) is 2.51. The Morgan fingerprint density at radius 1 is 0.870 bits per heavy atom. The molecule has 0 nitrogen and oxygen atoms in total. The number of benzene rings is 1. The van der Waals surface area contributed by atoms with Crippen LogP contribution in [0, 0.1) is 0 Å². The molecule has 0 heterocycles. The van der Waals surface area contributed by atoms with Gasteiger partial charge in [-0.05, 0) is 37.0 Å². The maximum absolute atomic E-state index is 6.42. The van der Waals surface area contributed by atoms with Crippen molar-refractivity contribution in [1.82, 2.24) is 0 Å². The lowest BCUT2D eigenvalue weighted by Gasteiger charge is -2.14. The highest BCUT2D eigenvalue weighted by atomic mass is 79.9. The van der Waals surface area contributed by atoms with E-state index >= 15 is 0 Å². The zero-order chi connectivity index (χ0) is 17.2. The summed E-state index contributed by atoms with van der Waals surface area (Å²) in [6, 6.07) is 1.94. The van der Waals surface area contributed by atoms with Gasteiger partial charge in [0.05, 0.1) is 10.0 Å². The van der Waals surface area contributed by atoms with E-state index in [1.807, 2.05) is 13.0 Å². The van der Waals surface area contributed by atoms with Crippen molar-refractivity contribution < 1.29 is 0 Å². The van der Waals surface area contributed by atoms with E-state index in [1.54, 1.807) is 0 Å². The van der Waals surface area contributed by atoms with E-state index in [2.05, 4.69) is 22.9 Å². The lowest BCUT2D eigenvalue weighted by Crippen LogP contribution is -1.95. The standard InChI is InChI=1S/C19H28BrCl3/c1-3-4-5-6-7-8-9-10-11-12-15-17(21)13-16(14(2)20)19(23)18(15)22/h13-14H,3-12H2,1-2H3. The summed E-state index contributed by atoms with van der Waals surface area (Å²) in [5, 5.41) is 1.99. The smallest absolute Gasteiger partial charge is 0.0642 e. The molecule has 0 aliphatic carbocycles. The van der Waals surface area contributed by atoms with Gasteiger partial charge in [0.15, 0.2) is 0 Å². The number of hydrogen-bond acceptors (Lipinski definition) is 0. The first-order valence-corrected chi connectivity index (χ1v) is 10.8. The molecule has 1 aromatic rings. The molecule has 4 heteroatoms. The third kappa shape index (κ3) is 7.55. The summed E-state index contributed by atoms with van der Waals surface area (Å²) in [5.74, 6) is 0. The van der Waals surface area contributed by atoms with E-state index in [4.69, 9.17) is 34.8 Å². The lowest BCUT2D eigenvalue weighted by atomic mass is 10.0. The van der Waals surface area contributed by atoms with Crippen LogP contribution < -0.4 is 0 Å². The Kier molecular flexibility index (Phi) is 11.3. The van der Waals surface area contributed by atoms with Crippen LogP contribution in [0.2, 0.25) is 15.1 Å². The average molecular weight is 443 g/mol. The minimum absolute atomic E-state index is 0.145. The third-order valence-electron chi connectivity index (χ3n) is 4.24. The fourth-order valence-corrected chi connectivity index (χ4v) is 4.27. The number of rotatable bonds is 11. The predicted molar refractivity (Wildman–Crippen MR) is 110 cm³/mol. The normalized spacial score (nSPS) is 12.6. The second-order valence-electron chi connectivity index (χ2n) is 6.25. The number of unbranched alkanes of at least 4 members (excludes halogenated alkanes) is 8. The van der Waals surface area contributed by atoms with Gasteiger partial charge in [0.25, 0.3) is 0 Å². The first-order chi connectivity index (χ1) is 11.0. The molecule has 1 rings (SSSR count). The van der Waals surface area contributed by atoms with Crippen LogP contribution in [0.15, 0.2) is 6.07 Å². The molecule has 1 aromatic carbocycles. The molecule has 0 fully saturated rings. The highest BCUT2D eigenvalue weighted by Crippen LogP contribution is 2.40. The first kappa shape index (κ1) is 21.6. The van der Waals surface area contributed by atoms with Crippen molar-refractivity contribution >= 4 is 50.7 Å².